The molecule has 136 valence electrons. The molecule has 1 aromatic carbocycles. The number of likely N-dealkylation sites (N-methyl/N-ethyl adjacent to an activating group) is 1. The number of piperazine rings is 1. The molecular weight excluding hydrogens is 318 g/mol. The molecule has 1 fully saturated rings. The summed E-state index contributed by atoms with van der Waals surface area (Å²) >= 11 is 0. The van der Waals surface area contributed by atoms with E-state index >= 15 is 0 Å². The minimum atomic E-state index is -0.191. The van der Waals surface area contributed by atoms with Crippen LogP contribution in [0, 0.1) is 0 Å². The van der Waals surface area contributed by atoms with Gasteiger partial charge >= 0.3 is 0 Å². The summed E-state index contributed by atoms with van der Waals surface area (Å²) in [6, 6.07) is 7.45. The van der Waals surface area contributed by atoms with Crippen molar-refractivity contribution in [1.82, 2.24) is 10.2 Å². The first-order valence-corrected chi connectivity index (χ1v) is 8.83. The second kappa shape index (κ2) is 9.84. The van der Waals surface area contributed by atoms with Crippen LogP contribution in [0.1, 0.15) is 18.9 Å². The molecule has 1 heterocycles. The van der Waals surface area contributed by atoms with E-state index in [1.54, 1.807) is 18.1 Å². The zero-order valence-corrected chi connectivity index (χ0v) is 15.1. The highest BCUT2D eigenvalue weighted by atomic mass is 16.5. The number of benzene rings is 1. The van der Waals surface area contributed by atoms with Gasteiger partial charge in [0.1, 0.15) is 5.75 Å². The molecule has 0 bridgehead atoms. The SMILES string of the molecule is CC[NH+]1CCN(C(=O)CCNC(=O)/C=C/c2ccc(OC)cc2)CC1. The van der Waals surface area contributed by atoms with Gasteiger partial charge in [-0.15, -0.1) is 0 Å². The van der Waals surface area contributed by atoms with Crippen LogP contribution in [0.3, 0.4) is 0 Å². The highest BCUT2D eigenvalue weighted by Crippen LogP contribution is 2.12. The number of hydrogen-bond acceptors (Lipinski definition) is 3. The highest BCUT2D eigenvalue weighted by molar-refractivity contribution is 5.92. The Labute approximate surface area is 149 Å². The summed E-state index contributed by atoms with van der Waals surface area (Å²) in [6.45, 7) is 7.30. The van der Waals surface area contributed by atoms with E-state index in [0.29, 0.717) is 13.0 Å². The monoisotopic (exact) mass is 346 g/mol. The van der Waals surface area contributed by atoms with Gasteiger partial charge in [-0.25, -0.2) is 0 Å². The molecule has 0 spiro atoms. The smallest absolute Gasteiger partial charge is 0.244 e. The lowest BCUT2D eigenvalue weighted by atomic mass is 10.2. The van der Waals surface area contributed by atoms with Gasteiger partial charge in [0.2, 0.25) is 11.8 Å². The summed E-state index contributed by atoms with van der Waals surface area (Å²) < 4.78 is 5.09. The maximum atomic E-state index is 12.1. The number of nitrogens with one attached hydrogen (secondary N) is 2. The van der Waals surface area contributed by atoms with E-state index in [9.17, 15) is 9.59 Å². The number of quaternary nitrogens is 1. The van der Waals surface area contributed by atoms with Crippen LogP contribution in [-0.2, 0) is 9.59 Å². The molecule has 6 heteroatoms. The van der Waals surface area contributed by atoms with Crippen molar-refractivity contribution in [2.24, 2.45) is 0 Å². The van der Waals surface area contributed by atoms with Crippen molar-refractivity contribution >= 4 is 17.9 Å². The van der Waals surface area contributed by atoms with Gasteiger partial charge in [0.05, 0.1) is 39.8 Å². The Morgan fingerprint density at radius 1 is 1.24 bits per heavy atom. The van der Waals surface area contributed by atoms with Gasteiger partial charge in [0, 0.05) is 19.0 Å². The first kappa shape index (κ1) is 19.0. The number of carbonyl (C=O) groups is 2. The second-order valence-electron chi connectivity index (χ2n) is 6.13. The van der Waals surface area contributed by atoms with E-state index in [1.165, 1.54) is 6.08 Å². The van der Waals surface area contributed by atoms with E-state index in [4.69, 9.17) is 4.74 Å². The standard InChI is InChI=1S/C19H27N3O3/c1-3-21-12-14-22(15-13-21)19(24)10-11-20-18(23)9-6-16-4-7-17(25-2)8-5-16/h4-9H,3,10-15H2,1-2H3,(H,20,23)/p+1/b9-6+. The summed E-state index contributed by atoms with van der Waals surface area (Å²) in [4.78, 5) is 27.4. The molecular formula is C19H28N3O3+. The summed E-state index contributed by atoms with van der Waals surface area (Å²) in [6.07, 6.45) is 3.57. The minimum absolute atomic E-state index is 0.120. The zero-order valence-electron chi connectivity index (χ0n) is 15.1. The van der Waals surface area contributed by atoms with Gasteiger partial charge in [-0.05, 0) is 30.7 Å². The van der Waals surface area contributed by atoms with Crippen molar-refractivity contribution in [1.29, 1.82) is 0 Å². The highest BCUT2D eigenvalue weighted by Gasteiger charge is 2.21. The Morgan fingerprint density at radius 2 is 1.92 bits per heavy atom. The van der Waals surface area contributed by atoms with E-state index in [0.717, 1.165) is 44.0 Å². The number of ether oxygens (including phenoxy) is 1. The largest absolute Gasteiger partial charge is 0.497 e. The van der Waals surface area contributed by atoms with E-state index in [2.05, 4.69) is 12.2 Å². The molecule has 1 saturated heterocycles. The van der Waals surface area contributed by atoms with E-state index in [-0.39, 0.29) is 11.8 Å². The lowest BCUT2D eigenvalue weighted by molar-refractivity contribution is -0.902. The Kier molecular flexibility index (Phi) is 7.47. The van der Waals surface area contributed by atoms with Crippen molar-refractivity contribution < 1.29 is 19.2 Å². The number of hydrogen-bond donors (Lipinski definition) is 2. The molecule has 2 rings (SSSR count). The van der Waals surface area contributed by atoms with Crippen LogP contribution in [0.15, 0.2) is 30.3 Å². The maximum absolute atomic E-state index is 12.1. The number of amides is 2. The third-order valence-corrected chi connectivity index (χ3v) is 4.50. The summed E-state index contributed by atoms with van der Waals surface area (Å²) in [7, 11) is 1.62. The van der Waals surface area contributed by atoms with Gasteiger partial charge in [-0.3, -0.25) is 9.59 Å². The molecule has 0 atom stereocenters. The van der Waals surface area contributed by atoms with Gasteiger partial charge < -0.3 is 19.9 Å². The molecule has 2 amide bonds. The fourth-order valence-corrected chi connectivity index (χ4v) is 2.82. The van der Waals surface area contributed by atoms with Crippen LogP contribution in [0.25, 0.3) is 6.08 Å². The summed E-state index contributed by atoms with van der Waals surface area (Å²) in [5.74, 6) is 0.708. The molecule has 1 aliphatic heterocycles. The normalized spacial score (nSPS) is 15.4. The first-order valence-electron chi connectivity index (χ1n) is 8.83. The topological polar surface area (TPSA) is 63.1 Å². The summed E-state index contributed by atoms with van der Waals surface area (Å²) in [5.41, 5.74) is 0.920. The molecule has 6 nitrogen and oxygen atoms in total. The summed E-state index contributed by atoms with van der Waals surface area (Å²) in [5, 5.41) is 2.76. The van der Waals surface area contributed by atoms with E-state index < -0.39 is 0 Å². The van der Waals surface area contributed by atoms with Crippen molar-refractivity contribution in [2.75, 3.05) is 46.4 Å². The third-order valence-electron chi connectivity index (χ3n) is 4.50. The fraction of sp³-hybridized carbons (Fsp3) is 0.474. The van der Waals surface area contributed by atoms with Crippen molar-refractivity contribution in [3.8, 4) is 5.75 Å². The van der Waals surface area contributed by atoms with Crippen LogP contribution in [0.2, 0.25) is 0 Å². The zero-order chi connectivity index (χ0) is 18.1. The minimum Gasteiger partial charge on any atom is -0.497 e. The lowest BCUT2D eigenvalue weighted by Gasteiger charge is -2.31. The number of nitrogens with zero attached hydrogens (tertiary/aromatic N) is 1. The van der Waals surface area contributed by atoms with Gasteiger partial charge in [-0.2, -0.15) is 0 Å². The van der Waals surface area contributed by atoms with Crippen molar-refractivity contribution in [2.45, 2.75) is 13.3 Å². The lowest BCUT2D eigenvalue weighted by Crippen LogP contribution is -3.14. The molecule has 0 aromatic heterocycles. The Morgan fingerprint density at radius 3 is 2.52 bits per heavy atom. The quantitative estimate of drug-likeness (QED) is 0.681. The predicted octanol–water partition coefficient (Wildman–Crippen LogP) is -0.0383. The number of methoxy groups -OCH3 is 1. The van der Waals surface area contributed by atoms with Crippen LogP contribution in [0.4, 0.5) is 0 Å². The molecule has 0 aliphatic carbocycles. The Bertz CT molecular complexity index is 590. The Hall–Kier alpha value is -2.34. The van der Waals surface area contributed by atoms with Gasteiger partial charge in [-0.1, -0.05) is 12.1 Å². The first-order chi connectivity index (χ1) is 12.1. The van der Waals surface area contributed by atoms with Crippen LogP contribution >= 0.6 is 0 Å². The molecule has 2 N–H and O–H groups in total. The van der Waals surface area contributed by atoms with Crippen molar-refractivity contribution in [3.05, 3.63) is 35.9 Å². The van der Waals surface area contributed by atoms with Crippen LogP contribution in [-0.4, -0.2) is 63.1 Å². The average Bonchev–Trinajstić information content (AvgIpc) is 2.66. The number of carbonyl (C=O) groups excluding carboxylic acids is 2. The molecule has 1 aromatic rings. The van der Waals surface area contributed by atoms with E-state index in [1.807, 2.05) is 29.2 Å². The number of rotatable bonds is 7. The van der Waals surface area contributed by atoms with Crippen LogP contribution in [0.5, 0.6) is 5.75 Å². The molecule has 0 saturated carbocycles. The average molecular weight is 346 g/mol. The predicted molar refractivity (Wildman–Crippen MR) is 97.5 cm³/mol. The second-order valence-corrected chi connectivity index (χ2v) is 6.13. The maximum Gasteiger partial charge on any atom is 0.244 e. The molecule has 0 unspecified atom stereocenters. The van der Waals surface area contributed by atoms with Crippen molar-refractivity contribution in [3.63, 3.8) is 0 Å². The van der Waals surface area contributed by atoms with Gasteiger partial charge in [0.15, 0.2) is 0 Å². The van der Waals surface area contributed by atoms with Gasteiger partial charge in [0.25, 0.3) is 0 Å². The third kappa shape index (κ3) is 6.23. The fourth-order valence-electron chi connectivity index (χ4n) is 2.82. The molecule has 0 radical (unpaired) electrons. The molecule has 25 heavy (non-hydrogen) atoms. The Balaban J connectivity index is 1.67. The molecule has 1 aliphatic rings. The van der Waals surface area contributed by atoms with Crippen LogP contribution < -0.4 is 15.0 Å².